The fourth-order valence-corrected chi connectivity index (χ4v) is 2.86. The van der Waals surface area contributed by atoms with E-state index in [0.29, 0.717) is 10.0 Å². The molecule has 3 nitrogen and oxygen atoms in total. The summed E-state index contributed by atoms with van der Waals surface area (Å²) < 4.78 is 1.76. The number of hydrogen-bond donors (Lipinski definition) is 0. The SMILES string of the molecule is Clc1ccc(CSc2ncn(-c3ccccc3)n2)cc1Cl. The lowest BCUT2D eigenvalue weighted by molar-refractivity contribution is 0.834. The molecule has 0 saturated heterocycles. The zero-order valence-corrected chi connectivity index (χ0v) is 13.2. The van der Waals surface area contributed by atoms with Crippen LogP contribution < -0.4 is 0 Å². The van der Waals surface area contributed by atoms with Gasteiger partial charge in [0.25, 0.3) is 0 Å². The van der Waals surface area contributed by atoms with Gasteiger partial charge in [-0.3, -0.25) is 0 Å². The van der Waals surface area contributed by atoms with Crippen molar-refractivity contribution in [2.75, 3.05) is 0 Å². The fourth-order valence-electron chi connectivity index (χ4n) is 1.80. The lowest BCUT2D eigenvalue weighted by atomic mass is 10.2. The third kappa shape index (κ3) is 3.59. The van der Waals surface area contributed by atoms with Crippen molar-refractivity contribution < 1.29 is 0 Å². The van der Waals surface area contributed by atoms with Gasteiger partial charge in [0.1, 0.15) is 6.33 Å². The predicted molar refractivity (Wildman–Crippen MR) is 87.4 cm³/mol. The average Bonchev–Trinajstić information content (AvgIpc) is 2.98. The number of aromatic nitrogens is 3. The molecule has 0 aliphatic carbocycles. The normalized spacial score (nSPS) is 10.8. The first-order valence-corrected chi connectivity index (χ1v) is 8.00. The highest BCUT2D eigenvalue weighted by Crippen LogP contribution is 2.26. The van der Waals surface area contributed by atoms with Gasteiger partial charge in [-0.15, -0.1) is 5.10 Å². The lowest BCUT2D eigenvalue weighted by Gasteiger charge is -2.01. The Labute approximate surface area is 136 Å². The van der Waals surface area contributed by atoms with Crippen LogP contribution in [-0.2, 0) is 5.75 Å². The van der Waals surface area contributed by atoms with Gasteiger partial charge in [0.05, 0.1) is 15.7 Å². The highest BCUT2D eigenvalue weighted by atomic mass is 35.5. The Morgan fingerprint density at radius 3 is 2.57 bits per heavy atom. The summed E-state index contributed by atoms with van der Waals surface area (Å²) >= 11 is 13.5. The van der Waals surface area contributed by atoms with Crippen molar-refractivity contribution >= 4 is 35.0 Å². The molecule has 2 aromatic carbocycles. The molecule has 0 aliphatic rings. The minimum Gasteiger partial charge on any atom is -0.220 e. The van der Waals surface area contributed by atoms with Gasteiger partial charge < -0.3 is 0 Å². The third-order valence-electron chi connectivity index (χ3n) is 2.84. The Kier molecular flexibility index (Phi) is 4.48. The van der Waals surface area contributed by atoms with Crippen molar-refractivity contribution in [1.82, 2.24) is 14.8 Å². The number of hydrogen-bond acceptors (Lipinski definition) is 3. The summed E-state index contributed by atoms with van der Waals surface area (Å²) in [5.41, 5.74) is 2.08. The van der Waals surface area contributed by atoms with Gasteiger partial charge in [-0.25, -0.2) is 9.67 Å². The summed E-state index contributed by atoms with van der Waals surface area (Å²) in [5.74, 6) is 0.746. The van der Waals surface area contributed by atoms with E-state index in [0.717, 1.165) is 22.2 Å². The van der Waals surface area contributed by atoms with Crippen molar-refractivity contribution in [2.24, 2.45) is 0 Å². The summed E-state index contributed by atoms with van der Waals surface area (Å²) in [5, 5.41) is 6.31. The van der Waals surface area contributed by atoms with Crippen molar-refractivity contribution in [1.29, 1.82) is 0 Å². The molecule has 0 unspecified atom stereocenters. The fraction of sp³-hybridized carbons (Fsp3) is 0.0667. The molecule has 0 atom stereocenters. The quantitative estimate of drug-likeness (QED) is 0.637. The van der Waals surface area contributed by atoms with Gasteiger partial charge in [0.15, 0.2) is 0 Å². The second-order valence-electron chi connectivity index (χ2n) is 4.34. The molecule has 0 aliphatic heterocycles. The monoisotopic (exact) mass is 335 g/mol. The van der Waals surface area contributed by atoms with Crippen LogP contribution in [0.4, 0.5) is 0 Å². The number of rotatable bonds is 4. The van der Waals surface area contributed by atoms with E-state index >= 15 is 0 Å². The van der Waals surface area contributed by atoms with Crippen LogP contribution in [0.1, 0.15) is 5.56 Å². The molecule has 1 heterocycles. The van der Waals surface area contributed by atoms with E-state index in [-0.39, 0.29) is 0 Å². The molecular formula is C15H11Cl2N3S. The molecule has 106 valence electrons. The maximum atomic E-state index is 6.00. The van der Waals surface area contributed by atoms with Gasteiger partial charge in [-0.2, -0.15) is 0 Å². The van der Waals surface area contributed by atoms with Gasteiger partial charge in [-0.1, -0.05) is 59.2 Å². The molecule has 21 heavy (non-hydrogen) atoms. The zero-order chi connectivity index (χ0) is 14.7. The Bertz CT molecular complexity index is 744. The van der Waals surface area contributed by atoms with Gasteiger partial charge in [0, 0.05) is 5.75 Å². The van der Waals surface area contributed by atoms with E-state index in [1.807, 2.05) is 42.5 Å². The van der Waals surface area contributed by atoms with E-state index in [1.165, 1.54) is 0 Å². The Morgan fingerprint density at radius 2 is 1.81 bits per heavy atom. The van der Waals surface area contributed by atoms with Crippen molar-refractivity contribution in [2.45, 2.75) is 10.9 Å². The van der Waals surface area contributed by atoms with E-state index in [9.17, 15) is 0 Å². The topological polar surface area (TPSA) is 30.7 Å². The molecule has 3 rings (SSSR count). The van der Waals surface area contributed by atoms with Crippen LogP contribution >= 0.6 is 35.0 Å². The number of halogens is 2. The Morgan fingerprint density at radius 1 is 1.00 bits per heavy atom. The average molecular weight is 336 g/mol. The van der Waals surface area contributed by atoms with E-state index in [2.05, 4.69) is 10.1 Å². The number of thioether (sulfide) groups is 1. The van der Waals surface area contributed by atoms with Crippen molar-refractivity contribution in [3.05, 3.63) is 70.5 Å². The first kappa shape index (κ1) is 14.4. The lowest BCUT2D eigenvalue weighted by Crippen LogP contribution is -1.93. The molecule has 1 aromatic heterocycles. The summed E-state index contributed by atoms with van der Waals surface area (Å²) in [4.78, 5) is 4.30. The molecule has 0 N–H and O–H groups in total. The summed E-state index contributed by atoms with van der Waals surface area (Å²) in [6.45, 7) is 0. The number of benzene rings is 2. The Hall–Kier alpha value is -1.49. The predicted octanol–water partition coefficient (Wildman–Crippen LogP) is 4.87. The third-order valence-corrected chi connectivity index (χ3v) is 4.51. The second kappa shape index (κ2) is 6.52. The molecule has 0 fully saturated rings. The maximum absolute atomic E-state index is 6.00. The van der Waals surface area contributed by atoms with Crippen LogP contribution in [0.3, 0.4) is 0 Å². The highest BCUT2D eigenvalue weighted by molar-refractivity contribution is 7.98. The molecule has 0 amide bonds. The van der Waals surface area contributed by atoms with E-state index in [4.69, 9.17) is 23.2 Å². The second-order valence-corrected chi connectivity index (χ2v) is 6.10. The molecule has 0 saturated carbocycles. The first-order chi connectivity index (χ1) is 10.2. The number of para-hydroxylation sites is 1. The summed E-state index contributed by atoms with van der Waals surface area (Å²) in [6, 6.07) is 15.5. The smallest absolute Gasteiger partial charge is 0.209 e. The standard InChI is InChI=1S/C15H11Cl2N3S/c16-13-7-6-11(8-14(13)17)9-21-15-18-10-20(19-15)12-4-2-1-3-5-12/h1-8,10H,9H2. The van der Waals surface area contributed by atoms with Crippen LogP contribution in [0.25, 0.3) is 5.69 Å². The summed E-state index contributed by atoms with van der Waals surface area (Å²) in [7, 11) is 0. The van der Waals surface area contributed by atoms with Crippen LogP contribution in [0, 0.1) is 0 Å². The Balaban J connectivity index is 1.69. The largest absolute Gasteiger partial charge is 0.220 e. The molecule has 0 radical (unpaired) electrons. The van der Waals surface area contributed by atoms with E-state index < -0.39 is 0 Å². The zero-order valence-electron chi connectivity index (χ0n) is 10.9. The maximum Gasteiger partial charge on any atom is 0.209 e. The molecule has 0 spiro atoms. The van der Waals surface area contributed by atoms with Crippen molar-refractivity contribution in [3.8, 4) is 5.69 Å². The minimum absolute atomic E-state index is 0.567. The van der Waals surface area contributed by atoms with Gasteiger partial charge >= 0.3 is 0 Å². The molecule has 6 heteroatoms. The highest BCUT2D eigenvalue weighted by Gasteiger charge is 2.05. The minimum atomic E-state index is 0.567. The van der Waals surface area contributed by atoms with Gasteiger partial charge in [0.2, 0.25) is 5.16 Å². The first-order valence-electron chi connectivity index (χ1n) is 6.26. The molecule has 0 bridgehead atoms. The van der Waals surface area contributed by atoms with E-state index in [1.54, 1.807) is 28.8 Å². The van der Waals surface area contributed by atoms with Crippen LogP contribution in [0.15, 0.2) is 60.0 Å². The molecular weight excluding hydrogens is 325 g/mol. The van der Waals surface area contributed by atoms with Crippen LogP contribution in [0.5, 0.6) is 0 Å². The number of nitrogens with zero attached hydrogens (tertiary/aromatic N) is 3. The van der Waals surface area contributed by atoms with Crippen LogP contribution in [0.2, 0.25) is 10.0 Å². The van der Waals surface area contributed by atoms with Gasteiger partial charge in [-0.05, 0) is 29.8 Å². The summed E-state index contributed by atoms with van der Waals surface area (Å²) in [6.07, 6.45) is 1.71. The van der Waals surface area contributed by atoms with Crippen molar-refractivity contribution in [3.63, 3.8) is 0 Å². The molecule has 3 aromatic rings. The van der Waals surface area contributed by atoms with Crippen LogP contribution in [-0.4, -0.2) is 14.8 Å².